The van der Waals surface area contributed by atoms with Crippen LogP contribution in [0.3, 0.4) is 0 Å². The van der Waals surface area contributed by atoms with Crippen molar-refractivity contribution in [3.05, 3.63) is 64.1 Å². The average Bonchev–Trinajstić information content (AvgIpc) is 2.47. The van der Waals surface area contributed by atoms with Crippen LogP contribution in [0.15, 0.2) is 58.0 Å². The molecule has 0 aliphatic carbocycles. The summed E-state index contributed by atoms with van der Waals surface area (Å²) >= 11 is 3.27. The lowest BCUT2D eigenvalue weighted by molar-refractivity contribution is 0.0817. The van der Waals surface area contributed by atoms with Crippen molar-refractivity contribution in [3.63, 3.8) is 0 Å². The zero-order chi connectivity index (χ0) is 15.4. The summed E-state index contributed by atoms with van der Waals surface area (Å²) in [5.74, 6) is -1.20. The van der Waals surface area contributed by atoms with E-state index in [2.05, 4.69) is 20.9 Å². The Kier molecular flexibility index (Phi) is 8.53. The zero-order valence-corrected chi connectivity index (χ0v) is 15.0. The Morgan fingerprint density at radius 1 is 0.783 bits per heavy atom. The first kappa shape index (κ1) is 21.1. The molecule has 2 aromatic rings. The molecule has 0 atom stereocenters. The minimum absolute atomic E-state index is 0. The molecule has 122 valence electrons. The summed E-state index contributed by atoms with van der Waals surface area (Å²) in [5.41, 5.74) is 11.7. The molecule has 23 heavy (non-hydrogen) atoms. The van der Waals surface area contributed by atoms with E-state index in [1.807, 2.05) is 0 Å². The second-order valence-corrected chi connectivity index (χ2v) is 5.16. The number of carbonyl (C=O) groups is 2. The van der Waals surface area contributed by atoms with Gasteiger partial charge in [-0.3, -0.25) is 9.59 Å². The van der Waals surface area contributed by atoms with E-state index in [1.54, 1.807) is 36.4 Å². The number of ketones is 2. The molecule has 0 bridgehead atoms. The van der Waals surface area contributed by atoms with E-state index in [0.717, 1.165) is 4.47 Å². The van der Waals surface area contributed by atoms with E-state index in [0.29, 0.717) is 11.3 Å². The molecule has 0 radical (unpaired) electrons. The number of aliphatic imine (C=N–C) groups is 1. The quantitative estimate of drug-likeness (QED) is 0.344. The molecule has 2 rings (SSSR count). The molecule has 0 spiro atoms. The highest BCUT2D eigenvalue weighted by Gasteiger charge is 2.17. The summed E-state index contributed by atoms with van der Waals surface area (Å²) in [5, 5.41) is 0. The Labute approximate surface area is 154 Å². The second-order valence-electron chi connectivity index (χ2n) is 4.25. The highest BCUT2D eigenvalue weighted by atomic mass is 79.9. The van der Waals surface area contributed by atoms with Crippen molar-refractivity contribution in [1.29, 1.82) is 0 Å². The Balaban J connectivity index is 0.00000242. The topological polar surface area (TPSA) is 98.5 Å². The third kappa shape index (κ3) is 5.67. The van der Waals surface area contributed by atoms with Crippen LogP contribution >= 0.6 is 40.7 Å². The number of rotatable bonds is 4. The lowest BCUT2D eigenvalue weighted by Crippen LogP contribution is -2.21. The highest BCUT2D eigenvalue weighted by Crippen LogP contribution is 2.16. The summed E-state index contributed by atoms with van der Waals surface area (Å²) in [6.45, 7) is 0. The summed E-state index contributed by atoms with van der Waals surface area (Å²) in [4.78, 5) is 28.0. The molecule has 0 unspecified atom stereocenters. The smallest absolute Gasteiger partial charge is 0.233 e. The van der Waals surface area contributed by atoms with Gasteiger partial charge in [0.15, 0.2) is 5.96 Å². The van der Waals surface area contributed by atoms with Crippen LogP contribution in [0.2, 0.25) is 0 Å². The molecule has 8 heteroatoms. The molecular formula is C15H14BrCl2N3O2. The first-order valence-electron chi connectivity index (χ1n) is 6.01. The standard InChI is InChI=1S/C15H12BrN3O2.2ClH/c16-11-5-1-9(2-6-11)13(20)14(21)10-3-7-12(8-4-10)19-15(17)18;;/h1-8H,(H4,17,18,19);2*1H. The number of carbonyl (C=O) groups excluding carboxylic acids is 2. The number of guanidine groups is 1. The maximum absolute atomic E-state index is 12.1. The Hall–Kier alpha value is -1.89. The molecule has 0 saturated carbocycles. The van der Waals surface area contributed by atoms with Crippen LogP contribution in [0.1, 0.15) is 20.7 Å². The number of nitrogens with two attached hydrogens (primary N) is 2. The van der Waals surface area contributed by atoms with Gasteiger partial charge in [0.1, 0.15) is 0 Å². The monoisotopic (exact) mass is 417 g/mol. The summed E-state index contributed by atoms with van der Waals surface area (Å²) in [6.07, 6.45) is 0. The van der Waals surface area contributed by atoms with E-state index >= 15 is 0 Å². The van der Waals surface area contributed by atoms with Gasteiger partial charge in [0, 0.05) is 15.6 Å². The van der Waals surface area contributed by atoms with Crippen LogP contribution in [0.5, 0.6) is 0 Å². The van der Waals surface area contributed by atoms with Gasteiger partial charge in [0.05, 0.1) is 5.69 Å². The molecular weight excluding hydrogens is 405 g/mol. The van der Waals surface area contributed by atoms with Crippen LogP contribution < -0.4 is 11.5 Å². The van der Waals surface area contributed by atoms with Gasteiger partial charge in [-0.05, 0) is 48.5 Å². The van der Waals surface area contributed by atoms with E-state index in [9.17, 15) is 9.59 Å². The lowest BCUT2D eigenvalue weighted by Gasteiger charge is -2.02. The molecule has 0 aliphatic rings. The molecule has 0 heterocycles. The maximum Gasteiger partial charge on any atom is 0.233 e. The van der Waals surface area contributed by atoms with Crippen molar-refractivity contribution in [2.75, 3.05) is 0 Å². The van der Waals surface area contributed by atoms with Crippen molar-refractivity contribution < 1.29 is 9.59 Å². The number of hydrogen-bond acceptors (Lipinski definition) is 3. The summed E-state index contributed by atoms with van der Waals surface area (Å²) in [6, 6.07) is 12.8. The van der Waals surface area contributed by atoms with Crippen molar-refractivity contribution in [3.8, 4) is 0 Å². The lowest BCUT2D eigenvalue weighted by atomic mass is 10.0. The van der Waals surface area contributed by atoms with Gasteiger partial charge in [-0.2, -0.15) is 0 Å². The van der Waals surface area contributed by atoms with Crippen LogP contribution in [-0.2, 0) is 0 Å². The largest absolute Gasteiger partial charge is 0.370 e. The van der Waals surface area contributed by atoms with Gasteiger partial charge in [0.2, 0.25) is 11.6 Å². The third-order valence-electron chi connectivity index (χ3n) is 2.70. The van der Waals surface area contributed by atoms with Crippen molar-refractivity contribution in [2.45, 2.75) is 0 Å². The molecule has 5 nitrogen and oxygen atoms in total. The SMILES string of the molecule is Cl.Cl.NC(N)=Nc1ccc(C(=O)C(=O)c2ccc(Br)cc2)cc1. The molecule has 2 aromatic carbocycles. The third-order valence-corrected chi connectivity index (χ3v) is 3.23. The zero-order valence-electron chi connectivity index (χ0n) is 11.7. The Bertz CT molecular complexity index is 713. The van der Waals surface area contributed by atoms with Crippen molar-refractivity contribution in [1.82, 2.24) is 0 Å². The average molecular weight is 419 g/mol. The predicted molar refractivity (Wildman–Crippen MR) is 99.2 cm³/mol. The van der Waals surface area contributed by atoms with Crippen LogP contribution in [0.25, 0.3) is 0 Å². The normalized spacial score (nSPS) is 9.09. The number of nitrogens with zero attached hydrogens (tertiary/aromatic N) is 1. The fourth-order valence-corrected chi connectivity index (χ4v) is 1.96. The fraction of sp³-hybridized carbons (Fsp3) is 0. The van der Waals surface area contributed by atoms with Gasteiger partial charge in [-0.1, -0.05) is 15.9 Å². The second kappa shape index (κ2) is 9.29. The highest BCUT2D eigenvalue weighted by molar-refractivity contribution is 9.10. The van der Waals surface area contributed by atoms with E-state index in [-0.39, 0.29) is 36.3 Å². The van der Waals surface area contributed by atoms with Crippen molar-refractivity contribution >= 4 is 64.0 Å². The molecule has 0 amide bonds. The molecule has 0 saturated heterocycles. The summed E-state index contributed by atoms with van der Waals surface area (Å²) in [7, 11) is 0. The molecule has 0 aromatic heterocycles. The first-order chi connectivity index (χ1) is 9.97. The number of benzene rings is 2. The minimum Gasteiger partial charge on any atom is -0.370 e. The number of hydrogen-bond donors (Lipinski definition) is 2. The van der Waals surface area contributed by atoms with Gasteiger partial charge >= 0.3 is 0 Å². The summed E-state index contributed by atoms with van der Waals surface area (Å²) < 4.78 is 0.841. The predicted octanol–water partition coefficient (Wildman–Crippen LogP) is 3.26. The van der Waals surface area contributed by atoms with Crippen LogP contribution in [0, 0.1) is 0 Å². The number of halogens is 3. The van der Waals surface area contributed by atoms with E-state index < -0.39 is 11.6 Å². The Morgan fingerprint density at radius 2 is 1.17 bits per heavy atom. The van der Waals surface area contributed by atoms with Gasteiger partial charge in [-0.15, -0.1) is 24.8 Å². The van der Waals surface area contributed by atoms with E-state index in [1.165, 1.54) is 12.1 Å². The van der Waals surface area contributed by atoms with Gasteiger partial charge in [0.25, 0.3) is 0 Å². The molecule has 0 fully saturated rings. The van der Waals surface area contributed by atoms with Gasteiger partial charge in [-0.25, -0.2) is 4.99 Å². The molecule has 4 N–H and O–H groups in total. The van der Waals surface area contributed by atoms with Crippen LogP contribution in [-0.4, -0.2) is 17.5 Å². The van der Waals surface area contributed by atoms with Crippen LogP contribution in [0.4, 0.5) is 5.69 Å². The maximum atomic E-state index is 12.1. The molecule has 0 aliphatic heterocycles. The number of Topliss-reactive ketones (excluding diaryl/α,β-unsaturated/α-hetero) is 2. The first-order valence-corrected chi connectivity index (χ1v) is 6.81. The van der Waals surface area contributed by atoms with Crippen molar-refractivity contribution in [2.24, 2.45) is 16.5 Å². The minimum atomic E-state index is -0.575. The van der Waals surface area contributed by atoms with E-state index in [4.69, 9.17) is 11.5 Å². The van der Waals surface area contributed by atoms with Gasteiger partial charge < -0.3 is 11.5 Å². The fourth-order valence-electron chi connectivity index (χ4n) is 1.70. The Morgan fingerprint density at radius 3 is 1.57 bits per heavy atom.